The highest BCUT2D eigenvalue weighted by atomic mass is 35.5. The van der Waals surface area contributed by atoms with E-state index in [0.717, 1.165) is 6.07 Å². The Balaban J connectivity index is 1.90. The normalized spacial score (nSPS) is 11.4. The summed E-state index contributed by atoms with van der Waals surface area (Å²) in [6.45, 7) is 0.0771. The second-order valence-corrected chi connectivity index (χ2v) is 6.89. The van der Waals surface area contributed by atoms with Gasteiger partial charge in [0.2, 0.25) is 10.0 Å². The molecule has 4 nitrogen and oxygen atoms in total. The molecule has 0 saturated heterocycles. The standard InChI is InChI=1S/C14H12Cl2FNO3S/c15-10-2-1-3-12(8-10)22(19,20)18-6-7-21-14-5-4-11(17)9-13(14)16/h1-5,8-9,18H,6-7H2. The van der Waals surface area contributed by atoms with Crippen LogP contribution in [-0.2, 0) is 10.0 Å². The molecule has 0 aliphatic rings. The predicted octanol–water partition coefficient (Wildman–Crippen LogP) is 3.49. The van der Waals surface area contributed by atoms with Gasteiger partial charge in [-0.25, -0.2) is 17.5 Å². The van der Waals surface area contributed by atoms with Crippen LogP contribution in [0, 0.1) is 5.82 Å². The number of benzene rings is 2. The highest BCUT2D eigenvalue weighted by Gasteiger charge is 2.13. The van der Waals surface area contributed by atoms with Gasteiger partial charge in [0.15, 0.2) is 0 Å². The molecule has 0 unspecified atom stereocenters. The summed E-state index contributed by atoms with van der Waals surface area (Å²) in [6.07, 6.45) is 0. The molecule has 0 heterocycles. The average Bonchev–Trinajstić information content (AvgIpc) is 2.45. The summed E-state index contributed by atoms with van der Waals surface area (Å²) >= 11 is 11.6. The van der Waals surface area contributed by atoms with Crippen molar-refractivity contribution in [1.29, 1.82) is 0 Å². The molecule has 0 radical (unpaired) electrons. The van der Waals surface area contributed by atoms with Crippen molar-refractivity contribution in [1.82, 2.24) is 4.72 Å². The smallest absolute Gasteiger partial charge is 0.240 e. The van der Waals surface area contributed by atoms with Gasteiger partial charge in [0, 0.05) is 11.6 Å². The Kier molecular flexibility index (Phi) is 5.63. The van der Waals surface area contributed by atoms with Crippen LogP contribution in [0.3, 0.4) is 0 Å². The molecule has 8 heteroatoms. The van der Waals surface area contributed by atoms with Gasteiger partial charge >= 0.3 is 0 Å². The Morgan fingerprint density at radius 3 is 2.59 bits per heavy atom. The molecule has 0 aliphatic carbocycles. The number of hydrogen-bond acceptors (Lipinski definition) is 3. The minimum atomic E-state index is -3.66. The third-order valence-electron chi connectivity index (χ3n) is 2.65. The molecule has 0 amide bonds. The van der Waals surface area contributed by atoms with Crippen molar-refractivity contribution >= 4 is 33.2 Å². The van der Waals surface area contributed by atoms with Crippen molar-refractivity contribution in [3.63, 3.8) is 0 Å². The van der Waals surface area contributed by atoms with Crippen LogP contribution in [0.2, 0.25) is 10.0 Å². The molecule has 0 atom stereocenters. The predicted molar refractivity (Wildman–Crippen MR) is 83.5 cm³/mol. The van der Waals surface area contributed by atoms with Crippen molar-refractivity contribution in [2.24, 2.45) is 0 Å². The number of sulfonamides is 1. The Morgan fingerprint density at radius 1 is 1.14 bits per heavy atom. The SMILES string of the molecule is O=S(=O)(NCCOc1ccc(F)cc1Cl)c1cccc(Cl)c1. The van der Waals surface area contributed by atoms with Crippen LogP contribution in [0.4, 0.5) is 4.39 Å². The van der Waals surface area contributed by atoms with Crippen LogP contribution < -0.4 is 9.46 Å². The van der Waals surface area contributed by atoms with Gasteiger partial charge in [-0.05, 0) is 36.4 Å². The first kappa shape index (κ1) is 17.0. The lowest BCUT2D eigenvalue weighted by Crippen LogP contribution is -2.28. The van der Waals surface area contributed by atoms with Crippen LogP contribution in [0.15, 0.2) is 47.4 Å². The molecule has 22 heavy (non-hydrogen) atoms. The van der Waals surface area contributed by atoms with Crippen LogP contribution >= 0.6 is 23.2 Å². The minimum absolute atomic E-state index is 0.0303. The van der Waals surface area contributed by atoms with Gasteiger partial charge in [-0.3, -0.25) is 0 Å². The first-order valence-electron chi connectivity index (χ1n) is 6.21. The van der Waals surface area contributed by atoms with Crippen LogP contribution in [0.25, 0.3) is 0 Å². The summed E-state index contributed by atoms with van der Waals surface area (Å²) in [4.78, 5) is 0.0693. The van der Waals surface area contributed by atoms with Crippen LogP contribution in [0.5, 0.6) is 5.75 Å². The molecular formula is C14H12Cl2FNO3S. The molecular weight excluding hydrogens is 352 g/mol. The fourth-order valence-corrected chi connectivity index (χ4v) is 3.18. The summed E-state index contributed by atoms with van der Waals surface area (Å²) in [6, 6.07) is 9.62. The van der Waals surface area contributed by atoms with Gasteiger partial charge in [0.25, 0.3) is 0 Å². The first-order chi connectivity index (χ1) is 10.4. The number of ether oxygens (including phenoxy) is 1. The molecule has 118 valence electrons. The Labute approximate surface area is 137 Å². The van der Waals surface area contributed by atoms with E-state index in [1.165, 1.54) is 24.3 Å². The summed E-state index contributed by atoms with van der Waals surface area (Å²) in [7, 11) is -3.66. The van der Waals surface area contributed by atoms with E-state index in [1.54, 1.807) is 12.1 Å². The van der Waals surface area contributed by atoms with E-state index in [9.17, 15) is 12.8 Å². The monoisotopic (exact) mass is 363 g/mol. The lowest BCUT2D eigenvalue weighted by atomic mass is 10.3. The largest absolute Gasteiger partial charge is 0.491 e. The summed E-state index contributed by atoms with van der Waals surface area (Å²) in [5.74, 6) is -0.191. The average molecular weight is 364 g/mol. The van der Waals surface area contributed by atoms with Crippen molar-refractivity contribution in [3.05, 3.63) is 58.3 Å². The van der Waals surface area contributed by atoms with E-state index in [4.69, 9.17) is 27.9 Å². The maximum absolute atomic E-state index is 12.9. The second-order valence-electron chi connectivity index (χ2n) is 4.28. The topological polar surface area (TPSA) is 55.4 Å². The summed E-state index contributed by atoms with van der Waals surface area (Å²) in [5, 5.41) is 0.454. The molecule has 1 N–H and O–H groups in total. The van der Waals surface area contributed by atoms with Crippen molar-refractivity contribution < 1.29 is 17.5 Å². The molecule has 0 aliphatic heterocycles. The number of rotatable bonds is 6. The third kappa shape index (κ3) is 4.58. The van der Waals surface area contributed by atoms with Gasteiger partial charge < -0.3 is 4.74 Å². The Bertz CT molecular complexity index is 768. The third-order valence-corrected chi connectivity index (χ3v) is 4.64. The fourth-order valence-electron chi connectivity index (χ4n) is 1.65. The van der Waals surface area contributed by atoms with E-state index >= 15 is 0 Å². The summed E-state index contributed by atoms with van der Waals surface area (Å²) in [5.41, 5.74) is 0. The Hall–Kier alpha value is -1.34. The fraction of sp³-hybridized carbons (Fsp3) is 0.143. The molecule has 0 spiro atoms. The number of nitrogens with one attached hydrogen (secondary N) is 1. The first-order valence-corrected chi connectivity index (χ1v) is 8.45. The summed E-state index contributed by atoms with van der Waals surface area (Å²) < 4.78 is 44.6. The zero-order valence-electron chi connectivity index (χ0n) is 11.2. The molecule has 2 rings (SSSR count). The molecule has 0 fully saturated rings. The zero-order chi connectivity index (χ0) is 16.2. The van der Waals surface area contributed by atoms with Crippen molar-refractivity contribution in [2.45, 2.75) is 4.90 Å². The lowest BCUT2D eigenvalue weighted by molar-refractivity contribution is 0.322. The number of halogens is 3. The van der Waals surface area contributed by atoms with E-state index in [2.05, 4.69) is 4.72 Å². The molecule has 0 bridgehead atoms. The number of hydrogen-bond donors (Lipinski definition) is 1. The molecule has 0 aromatic heterocycles. The van der Waals surface area contributed by atoms with E-state index in [0.29, 0.717) is 5.02 Å². The van der Waals surface area contributed by atoms with Crippen molar-refractivity contribution in [3.8, 4) is 5.75 Å². The highest BCUT2D eigenvalue weighted by Crippen LogP contribution is 2.24. The van der Waals surface area contributed by atoms with Gasteiger partial charge in [-0.2, -0.15) is 0 Å². The minimum Gasteiger partial charge on any atom is -0.491 e. The molecule has 0 saturated carbocycles. The molecule has 2 aromatic carbocycles. The van der Waals surface area contributed by atoms with Gasteiger partial charge in [-0.1, -0.05) is 29.3 Å². The van der Waals surface area contributed by atoms with Crippen LogP contribution in [-0.4, -0.2) is 21.6 Å². The van der Waals surface area contributed by atoms with Gasteiger partial charge in [0.1, 0.15) is 18.2 Å². The lowest BCUT2D eigenvalue weighted by Gasteiger charge is -2.10. The zero-order valence-corrected chi connectivity index (χ0v) is 13.6. The van der Waals surface area contributed by atoms with Crippen molar-refractivity contribution in [2.75, 3.05) is 13.2 Å². The van der Waals surface area contributed by atoms with E-state index in [-0.39, 0.29) is 28.8 Å². The van der Waals surface area contributed by atoms with E-state index < -0.39 is 15.8 Å². The van der Waals surface area contributed by atoms with Gasteiger partial charge in [0.05, 0.1) is 9.92 Å². The maximum Gasteiger partial charge on any atom is 0.240 e. The quantitative estimate of drug-likeness (QED) is 0.799. The molecule has 2 aromatic rings. The van der Waals surface area contributed by atoms with E-state index in [1.807, 2.05) is 0 Å². The Morgan fingerprint density at radius 2 is 1.91 bits per heavy atom. The highest BCUT2D eigenvalue weighted by molar-refractivity contribution is 7.89. The maximum atomic E-state index is 12.9. The second kappa shape index (κ2) is 7.28. The van der Waals surface area contributed by atoms with Crippen LogP contribution in [0.1, 0.15) is 0 Å². The van der Waals surface area contributed by atoms with Gasteiger partial charge in [-0.15, -0.1) is 0 Å².